The summed E-state index contributed by atoms with van der Waals surface area (Å²) in [7, 11) is 0. The van der Waals surface area contributed by atoms with E-state index in [1.165, 1.54) is 116 Å². The van der Waals surface area contributed by atoms with Gasteiger partial charge in [-0.05, 0) is 25.7 Å². The van der Waals surface area contributed by atoms with Crippen LogP contribution in [0.3, 0.4) is 0 Å². The van der Waals surface area contributed by atoms with Gasteiger partial charge in [0.25, 0.3) is 0 Å². The van der Waals surface area contributed by atoms with Crippen LogP contribution in [0.1, 0.15) is 135 Å². The maximum atomic E-state index is 3.90. The highest BCUT2D eigenvalue weighted by Gasteiger charge is 1.94. The number of rotatable bonds is 21. The summed E-state index contributed by atoms with van der Waals surface area (Å²) in [4.78, 5) is 0. The molecule has 0 nitrogen and oxygen atoms in total. The zero-order valence-electron chi connectivity index (χ0n) is 17.4. The standard InChI is InChI=1S/C25H48/c1-3-5-7-9-11-13-15-17-19-21-23-25-24-22-20-18-16-14-12-10-8-6-4-2/h7,9H,1-6,8,10-25H2. The molecule has 0 saturated heterocycles. The molecular formula is C25H48. The third-order valence-corrected chi connectivity index (χ3v) is 5.16. The summed E-state index contributed by atoms with van der Waals surface area (Å²) < 4.78 is 0. The van der Waals surface area contributed by atoms with Gasteiger partial charge in [0.2, 0.25) is 0 Å². The van der Waals surface area contributed by atoms with Gasteiger partial charge in [-0.15, -0.1) is 0 Å². The number of hydrogen-bond acceptors (Lipinski definition) is 0. The second-order valence-corrected chi connectivity index (χ2v) is 7.77. The lowest BCUT2D eigenvalue weighted by Crippen LogP contribution is -1.84. The zero-order chi connectivity index (χ0) is 18.3. The maximum Gasteiger partial charge on any atom is -0.0351 e. The third kappa shape index (κ3) is 23.7. The Kier molecular flexibility index (Phi) is 23.5. The molecule has 0 bridgehead atoms. The van der Waals surface area contributed by atoms with Crippen molar-refractivity contribution < 1.29 is 0 Å². The normalized spacial score (nSPS) is 11.6. The Labute approximate surface area is 161 Å². The predicted octanol–water partition coefficient (Wildman–Crippen LogP) is 9.40. The van der Waals surface area contributed by atoms with Crippen LogP contribution in [0, 0.1) is 13.8 Å². The van der Waals surface area contributed by atoms with E-state index in [0.717, 1.165) is 19.3 Å². The minimum atomic E-state index is 1.04. The lowest BCUT2D eigenvalue weighted by molar-refractivity contribution is 0.526. The lowest BCUT2D eigenvalue weighted by atomic mass is 10.0. The van der Waals surface area contributed by atoms with Gasteiger partial charge in [0.05, 0.1) is 0 Å². The van der Waals surface area contributed by atoms with Gasteiger partial charge in [-0.25, -0.2) is 0 Å². The molecule has 0 aliphatic carbocycles. The van der Waals surface area contributed by atoms with E-state index in [1.807, 2.05) is 0 Å². The van der Waals surface area contributed by atoms with Crippen molar-refractivity contribution in [2.24, 2.45) is 0 Å². The second-order valence-electron chi connectivity index (χ2n) is 7.77. The quantitative estimate of drug-likeness (QED) is 0.143. The molecule has 0 N–H and O–H groups in total. The van der Waals surface area contributed by atoms with Crippen molar-refractivity contribution in [2.75, 3.05) is 0 Å². The van der Waals surface area contributed by atoms with Crippen LogP contribution in [0.2, 0.25) is 0 Å². The molecule has 0 aromatic heterocycles. The Morgan fingerprint density at radius 1 is 0.320 bits per heavy atom. The Bertz CT molecular complexity index is 240. The first-order chi connectivity index (χ1) is 12.4. The molecule has 148 valence electrons. The predicted molar refractivity (Wildman–Crippen MR) is 117 cm³/mol. The molecule has 0 aliphatic heterocycles. The highest BCUT2D eigenvalue weighted by Crippen LogP contribution is 2.14. The fraction of sp³-hybridized carbons (Fsp3) is 0.840. The molecule has 0 rings (SSSR count). The first kappa shape index (κ1) is 24.7. The average Bonchev–Trinajstić information content (AvgIpc) is 2.63. The molecule has 0 spiro atoms. The summed E-state index contributed by atoms with van der Waals surface area (Å²) in [6.45, 7) is 7.76. The Morgan fingerprint density at radius 2 is 0.640 bits per heavy atom. The summed E-state index contributed by atoms with van der Waals surface area (Å²) in [5, 5.41) is 0. The van der Waals surface area contributed by atoms with E-state index in [0.29, 0.717) is 0 Å². The number of hydrogen-bond donors (Lipinski definition) is 0. The molecule has 25 heavy (non-hydrogen) atoms. The molecule has 0 heterocycles. The molecule has 0 saturated carbocycles. The van der Waals surface area contributed by atoms with Gasteiger partial charge in [0.15, 0.2) is 0 Å². The highest BCUT2D eigenvalue weighted by molar-refractivity contribution is 4.81. The van der Waals surface area contributed by atoms with Crippen LogP contribution >= 0.6 is 0 Å². The summed E-state index contributed by atoms with van der Waals surface area (Å²) >= 11 is 0. The molecule has 0 amide bonds. The smallest absolute Gasteiger partial charge is 0.0351 e. The fourth-order valence-electron chi connectivity index (χ4n) is 3.44. The summed E-state index contributed by atoms with van der Waals surface area (Å²) in [6, 6.07) is 0. The van der Waals surface area contributed by atoms with Gasteiger partial charge in [-0.1, -0.05) is 135 Å². The Balaban J connectivity index is 2.98. The molecule has 0 fully saturated rings. The molecular weight excluding hydrogens is 300 g/mol. The van der Waals surface area contributed by atoms with E-state index in [2.05, 4.69) is 26.0 Å². The van der Waals surface area contributed by atoms with Crippen LogP contribution in [0.15, 0.2) is 12.2 Å². The van der Waals surface area contributed by atoms with Crippen molar-refractivity contribution in [2.45, 2.75) is 135 Å². The first-order valence-corrected chi connectivity index (χ1v) is 11.6. The SMILES string of the molecule is [CH2]CCC=CCCCCCCCCCCCCCCCCCCC[CH2]. The van der Waals surface area contributed by atoms with E-state index in [4.69, 9.17) is 0 Å². The Morgan fingerprint density at radius 3 is 1.00 bits per heavy atom. The van der Waals surface area contributed by atoms with Crippen molar-refractivity contribution in [1.29, 1.82) is 0 Å². The minimum Gasteiger partial charge on any atom is -0.0885 e. The molecule has 0 aromatic carbocycles. The molecule has 0 heteroatoms. The second kappa shape index (κ2) is 23.7. The van der Waals surface area contributed by atoms with Crippen molar-refractivity contribution in [3.8, 4) is 0 Å². The van der Waals surface area contributed by atoms with Crippen molar-refractivity contribution in [3.63, 3.8) is 0 Å². The molecule has 2 radical (unpaired) electrons. The maximum absolute atomic E-state index is 3.90. The molecule has 0 aliphatic rings. The van der Waals surface area contributed by atoms with Crippen molar-refractivity contribution in [1.82, 2.24) is 0 Å². The fourth-order valence-corrected chi connectivity index (χ4v) is 3.44. The van der Waals surface area contributed by atoms with E-state index in [-0.39, 0.29) is 0 Å². The lowest BCUT2D eigenvalue weighted by Gasteiger charge is -2.03. The average molecular weight is 349 g/mol. The van der Waals surface area contributed by atoms with E-state index in [1.54, 1.807) is 0 Å². The Hall–Kier alpha value is -0.260. The summed E-state index contributed by atoms with van der Waals surface area (Å²) in [5.41, 5.74) is 0. The van der Waals surface area contributed by atoms with Gasteiger partial charge < -0.3 is 0 Å². The van der Waals surface area contributed by atoms with E-state index < -0.39 is 0 Å². The van der Waals surface area contributed by atoms with Gasteiger partial charge in [-0.3, -0.25) is 0 Å². The molecule has 0 aromatic rings. The third-order valence-electron chi connectivity index (χ3n) is 5.16. The highest BCUT2D eigenvalue weighted by atomic mass is 14.0. The van der Waals surface area contributed by atoms with Gasteiger partial charge in [0.1, 0.15) is 0 Å². The van der Waals surface area contributed by atoms with Gasteiger partial charge >= 0.3 is 0 Å². The summed E-state index contributed by atoms with van der Waals surface area (Å²) in [5.74, 6) is 0. The van der Waals surface area contributed by atoms with E-state index in [9.17, 15) is 0 Å². The first-order valence-electron chi connectivity index (χ1n) is 11.6. The number of allylic oxidation sites excluding steroid dienone is 2. The largest absolute Gasteiger partial charge is 0.0885 e. The molecule has 0 atom stereocenters. The molecule has 0 unspecified atom stereocenters. The summed E-state index contributed by atoms with van der Waals surface area (Å²) in [6.07, 6.45) is 33.7. The zero-order valence-corrected chi connectivity index (χ0v) is 17.4. The van der Waals surface area contributed by atoms with Crippen molar-refractivity contribution in [3.05, 3.63) is 26.0 Å². The van der Waals surface area contributed by atoms with Crippen molar-refractivity contribution >= 4 is 0 Å². The van der Waals surface area contributed by atoms with E-state index >= 15 is 0 Å². The van der Waals surface area contributed by atoms with Crippen LogP contribution in [0.25, 0.3) is 0 Å². The van der Waals surface area contributed by atoms with Crippen LogP contribution in [0.5, 0.6) is 0 Å². The van der Waals surface area contributed by atoms with Gasteiger partial charge in [-0.2, -0.15) is 0 Å². The number of unbranched alkanes of at least 4 members (excludes halogenated alkanes) is 19. The van der Waals surface area contributed by atoms with Crippen LogP contribution < -0.4 is 0 Å². The topological polar surface area (TPSA) is 0 Å². The van der Waals surface area contributed by atoms with Crippen LogP contribution in [-0.4, -0.2) is 0 Å². The van der Waals surface area contributed by atoms with Crippen LogP contribution in [-0.2, 0) is 0 Å². The van der Waals surface area contributed by atoms with Crippen LogP contribution in [0.4, 0.5) is 0 Å². The minimum absolute atomic E-state index is 1.04. The monoisotopic (exact) mass is 348 g/mol. The van der Waals surface area contributed by atoms with Gasteiger partial charge in [0, 0.05) is 0 Å².